The van der Waals surface area contributed by atoms with Crippen LogP contribution < -0.4 is 4.74 Å². The van der Waals surface area contributed by atoms with Crippen molar-refractivity contribution in [3.05, 3.63) is 53.6 Å². The Morgan fingerprint density at radius 2 is 1.63 bits per heavy atom. The zero-order valence-corrected chi connectivity index (χ0v) is 11.4. The number of hydrogen-bond donors (Lipinski definition) is 1. The summed E-state index contributed by atoms with van der Waals surface area (Å²) in [5.41, 5.74) is 6.05. The summed E-state index contributed by atoms with van der Waals surface area (Å²) in [6.07, 6.45) is 0. The maximum absolute atomic E-state index is 5.32. The second-order valence-corrected chi connectivity index (χ2v) is 4.91. The molecule has 2 heteroatoms. The van der Waals surface area contributed by atoms with E-state index in [1.807, 2.05) is 0 Å². The van der Waals surface area contributed by atoms with Crippen LogP contribution in [0.4, 0.5) is 0 Å². The third-order valence-electron chi connectivity index (χ3n) is 3.54. The van der Waals surface area contributed by atoms with E-state index in [4.69, 9.17) is 4.74 Å². The van der Waals surface area contributed by atoms with Crippen molar-refractivity contribution in [2.45, 2.75) is 13.8 Å². The minimum absolute atomic E-state index is 0.912. The van der Waals surface area contributed by atoms with E-state index >= 15 is 0 Å². The smallest absolute Gasteiger partial charge is 0.119 e. The fourth-order valence-corrected chi connectivity index (χ4v) is 2.67. The minimum Gasteiger partial charge on any atom is -0.497 e. The molecular formula is C17H17NO. The average Bonchev–Trinajstić information content (AvgIpc) is 2.80. The van der Waals surface area contributed by atoms with Crippen molar-refractivity contribution in [2.24, 2.45) is 0 Å². The molecule has 1 N–H and O–H groups in total. The molecule has 0 saturated heterocycles. The van der Waals surface area contributed by atoms with E-state index in [-0.39, 0.29) is 0 Å². The SMILES string of the molecule is COc1cc(C)c(-c2cc3ccccc3[nH]2)c(C)c1. The number of aromatic amines is 1. The molecule has 0 aliphatic rings. The van der Waals surface area contributed by atoms with Gasteiger partial charge < -0.3 is 9.72 Å². The summed E-state index contributed by atoms with van der Waals surface area (Å²) < 4.78 is 5.32. The molecule has 19 heavy (non-hydrogen) atoms. The first-order valence-corrected chi connectivity index (χ1v) is 6.42. The van der Waals surface area contributed by atoms with E-state index in [2.05, 4.69) is 61.3 Å². The molecule has 3 rings (SSSR count). The van der Waals surface area contributed by atoms with Crippen molar-refractivity contribution in [1.29, 1.82) is 0 Å². The Balaban J connectivity index is 2.21. The van der Waals surface area contributed by atoms with Gasteiger partial charge in [-0.3, -0.25) is 0 Å². The lowest BCUT2D eigenvalue weighted by Gasteiger charge is -2.10. The molecule has 0 spiro atoms. The van der Waals surface area contributed by atoms with Crippen LogP contribution in [-0.2, 0) is 0 Å². The summed E-state index contributed by atoms with van der Waals surface area (Å²) in [5.74, 6) is 0.912. The van der Waals surface area contributed by atoms with E-state index in [0.29, 0.717) is 0 Å². The molecule has 0 aliphatic heterocycles. The van der Waals surface area contributed by atoms with Crippen LogP contribution in [0.5, 0.6) is 5.75 Å². The second kappa shape index (κ2) is 4.47. The fourth-order valence-electron chi connectivity index (χ4n) is 2.67. The number of para-hydroxylation sites is 1. The van der Waals surface area contributed by atoms with E-state index in [0.717, 1.165) is 5.75 Å². The molecule has 0 aliphatic carbocycles. The molecule has 1 aromatic heterocycles. The van der Waals surface area contributed by atoms with E-state index < -0.39 is 0 Å². The van der Waals surface area contributed by atoms with Crippen LogP contribution in [0.3, 0.4) is 0 Å². The lowest BCUT2D eigenvalue weighted by molar-refractivity contribution is 0.414. The van der Waals surface area contributed by atoms with E-state index in [9.17, 15) is 0 Å². The van der Waals surface area contributed by atoms with Gasteiger partial charge in [0.1, 0.15) is 5.75 Å². The Kier molecular flexibility index (Phi) is 2.79. The molecule has 0 unspecified atom stereocenters. The molecule has 3 aromatic rings. The van der Waals surface area contributed by atoms with Crippen LogP contribution in [0.2, 0.25) is 0 Å². The summed E-state index contributed by atoms with van der Waals surface area (Å²) in [7, 11) is 1.71. The van der Waals surface area contributed by atoms with Gasteiger partial charge in [-0.2, -0.15) is 0 Å². The normalized spacial score (nSPS) is 10.9. The van der Waals surface area contributed by atoms with Crippen LogP contribution in [-0.4, -0.2) is 12.1 Å². The topological polar surface area (TPSA) is 25.0 Å². The predicted molar refractivity (Wildman–Crippen MR) is 79.8 cm³/mol. The predicted octanol–water partition coefficient (Wildman–Crippen LogP) is 4.46. The third kappa shape index (κ3) is 1.99. The number of nitrogens with one attached hydrogen (secondary N) is 1. The lowest BCUT2D eigenvalue weighted by atomic mass is 9.99. The van der Waals surface area contributed by atoms with Crippen molar-refractivity contribution in [1.82, 2.24) is 4.98 Å². The summed E-state index contributed by atoms with van der Waals surface area (Å²) in [5, 5.41) is 1.24. The van der Waals surface area contributed by atoms with Crippen LogP contribution >= 0.6 is 0 Å². The molecule has 96 valence electrons. The summed E-state index contributed by atoms with van der Waals surface area (Å²) in [6, 6.07) is 14.7. The molecule has 0 bridgehead atoms. The zero-order chi connectivity index (χ0) is 13.4. The van der Waals surface area contributed by atoms with Crippen molar-refractivity contribution in [3.63, 3.8) is 0 Å². The Labute approximate surface area is 113 Å². The minimum atomic E-state index is 0.912. The van der Waals surface area contributed by atoms with Gasteiger partial charge in [-0.15, -0.1) is 0 Å². The third-order valence-corrected chi connectivity index (χ3v) is 3.54. The van der Waals surface area contributed by atoms with Crippen molar-refractivity contribution < 1.29 is 4.74 Å². The quantitative estimate of drug-likeness (QED) is 0.714. The molecule has 0 radical (unpaired) electrons. The highest BCUT2D eigenvalue weighted by Crippen LogP contribution is 2.32. The Morgan fingerprint density at radius 3 is 2.26 bits per heavy atom. The molecule has 0 saturated carbocycles. The van der Waals surface area contributed by atoms with Crippen molar-refractivity contribution in [2.75, 3.05) is 7.11 Å². The Bertz CT molecular complexity index is 684. The number of methoxy groups -OCH3 is 1. The largest absolute Gasteiger partial charge is 0.497 e. The number of H-pyrrole nitrogens is 1. The number of fused-ring (bicyclic) bond motifs is 1. The molecule has 2 aromatic carbocycles. The first-order valence-electron chi connectivity index (χ1n) is 6.42. The number of aromatic nitrogens is 1. The Morgan fingerprint density at radius 1 is 0.947 bits per heavy atom. The summed E-state index contributed by atoms with van der Waals surface area (Å²) >= 11 is 0. The average molecular weight is 251 g/mol. The standard InChI is InChI=1S/C17H17NO/c1-11-8-14(19-3)9-12(2)17(11)16-10-13-6-4-5-7-15(13)18-16/h4-10,18H,1-3H3. The van der Waals surface area contributed by atoms with Gasteiger partial charge in [-0.1, -0.05) is 18.2 Å². The van der Waals surface area contributed by atoms with Gasteiger partial charge in [0, 0.05) is 22.2 Å². The highest BCUT2D eigenvalue weighted by molar-refractivity contribution is 5.87. The van der Waals surface area contributed by atoms with Gasteiger partial charge in [-0.05, 0) is 49.2 Å². The molecule has 2 nitrogen and oxygen atoms in total. The highest BCUT2D eigenvalue weighted by atomic mass is 16.5. The van der Waals surface area contributed by atoms with Crippen molar-refractivity contribution in [3.8, 4) is 17.0 Å². The molecule has 0 fully saturated rings. The summed E-state index contributed by atoms with van der Waals surface area (Å²) in [4.78, 5) is 3.49. The van der Waals surface area contributed by atoms with E-state index in [1.165, 1.54) is 33.3 Å². The monoisotopic (exact) mass is 251 g/mol. The van der Waals surface area contributed by atoms with Gasteiger partial charge in [-0.25, -0.2) is 0 Å². The number of rotatable bonds is 2. The molecule has 1 heterocycles. The molecule has 0 amide bonds. The van der Waals surface area contributed by atoms with E-state index in [1.54, 1.807) is 7.11 Å². The number of hydrogen-bond acceptors (Lipinski definition) is 1. The maximum Gasteiger partial charge on any atom is 0.119 e. The lowest BCUT2D eigenvalue weighted by Crippen LogP contribution is -1.91. The number of aryl methyl sites for hydroxylation is 2. The van der Waals surface area contributed by atoms with Gasteiger partial charge in [0.05, 0.1) is 7.11 Å². The van der Waals surface area contributed by atoms with Gasteiger partial charge in [0.25, 0.3) is 0 Å². The number of benzene rings is 2. The molecule has 0 atom stereocenters. The van der Waals surface area contributed by atoms with Crippen LogP contribution in [0.1, 0.15) is 11.1 Å². The van der Waals surface area contributed by atoms with Crippen molar-refractivity contribution >= 4 is 10.9 Å². The molecular weight excluding hydrogens is 234 g/mol. The first kappa shape index (κ1) is 11.8. The first-order chi connectivity index (χ1) is 9.19. The van der Waals surface area contributed by atoms with Gasteiger partial charge >= 0.3 is 0 Å². The Hall–Kier alpha value is -2.22. The zero-order valence-electron chi connectivity index (χ0n) is 11.4. The van der Waals surface area contributed by atoms with Crippen LogP contribution in [0.25, 0.3) is 22.2 Å². The summed E-state index contributed by atoms with van der Waals surface area (Å²) in [6.45, 7) is 4.24. The van der Waals surface area contributed by atoms with Crippen LogP contribution in [0.15, 0.2) is 42.5 Å². The maximum atomic E-state index is 5.32. The van der Waals surface area contributed by atoms with Gasteiger partial charge in [0.15, 0.2) is 0 Å². The van der Waals surface area contributed by atoms with Crippen LogP contribution in [0, 0.1) is 13.8 Å². The number of ether oxygens (including phenoxy) is 1. The fraction of sp³-hybridized carbons (Fsp3) is 0.176. The second-order valence-electron chi connectivity index (χ2n) is 4.91. The highest BCUT2D eigenvalue weighted by Gasteiger charge is 2.10. The van der Waals surface area contributed by atoms with Gasteiger partial charge in [0.2, 0.25) is 0 Å².